The molecule has 1 amide bonds. The van der Waals surface area contributed by atoms with Crippen molar-refractivity contribution in [3.8, 4) is 0 Å². The fraction of sp³-hybridized carbons (Fsp3) is 0.933. The van der Waals surface area contributed by atoms with Crippen LogP contribution in [0, 0.1) is 0 Å². The van der Waals surface area contributed by atoms with Gasteiger partial charge < -0.3 is 16.2 Å². The van der Waals surface area contributed by atoms with Crippen LogP contribution in [0.4, 0.5) is 0 Å². The van der Waals surface area contributed by atoms with E-state index in [1.807, 2.05) is 0 Å². The molecule has 0 aromatic carbocycles. The number of aliphatic hydroxyl groups excluding tert-OH is 1. The van der Waals surface area contributed by atoms with Crippen LogP contribution in [0.5, 0.6) is 0 Å². The molecular weight excluding hydrogens is 240 g/mol. The average molecular weight is 272 g/mol. The minimum atomic E-state index is -0.775. The van der Waals surface area contributed by atoms with E-state index in [1.165, 1.54) is 51.4 Å². The minimum absolute atomic E-state index is 0.251. The Balaban J connectivity index is 3.13. The van der Waals surface area contributed by atoms with Gasteiger partial charge in [-0.1, -0.05) is 64.7 Å². The standard InChI is InChI=1S/C15H32N2O2/c1-2-3-4-5-6-7-8-9-10-11-12-17-15(19)14(16)13-18/h14,18H,2-13,16H2,1H3,(H,17,19)/t14-/m0/s1. The van der Waals surface area contributed by atoms with Crippen molar-refractivity contribution in [3.63, 3.8) is 0 Å². The Bertz CT molecular complexity index is 210. The summed E-state index contributed by atoms with van der Waals surface area (Å²) in [7, 11) is 0. The number of nitrogens with one attached hydrogen (secondary N) is 1. The summed E-state index contributed by atoms with van der Waals surface area (Å²) in [5, 5.41) is 11.4. The van der Waals surface area contributed by atoms with E-state index in [4.69, 9.17) is 10.8 Å². The van der Waals surface area contributed by atoms with Crippen LogP contribution in [-0.2, 0) is 4.79 Å². The van der Waals surface area contributed by atoms with E-state index >= 15 is 0 Å². The molecule has 0 aromatic heterocycles. The summed E-state index contributed by atoms with van der Waals surface area (Å²) in [5.41, 5.74) is 5.38. The summed E-state index contributed by atoms with van der Waals surface area (Å²) in [5.74, 6) is -0.251. The maximum absolute atomic E-state index is 11.2. The normalized spacial score (nSPS) is 12.4. The third-order valence-corrected chi connectivity index (χ3v) is 3.36. The zero-order chi connectivity index (χ0) is 14.3. The van der Waals surface area contributed by atoms with Gasteiger partial charge in [0.05, 0.1) is 6.61 Å². The molecule has 0 bridgehead atoms. The molecule has 114 valence electrons. The lowest BCUT2D eigenvalue weighted by Crippen LogP contribution is -2.43. The van der Waals surface area contributed by atoms with Crippen LogP contribution in [0.3, 0.4) is 0 Å². The van der Waals surface area contributed by atoms with Crippen LogP contribution in [0.25, 0.3) is 0 Å². The summed E-state index contributed by atoms with van der Waals surface area (Å²) < 4.78 is 0. The van der Waals surface area contributed by atoms with E-state index in [1.54, 1.807) is 0 Å². The monoisotopic (exact) mass is 272 g/mol. The van der Waals surface area contributed by atoms with Gasteiger partial charge in [-0.2, -0.15) is 0 Å². The Hall–Kier alpha value is -0.610. The molecular formula is C15H32N2O2. The van der Waals surface area contributed by atoms with Crippen LogP contribution >= 0.6 is 0 Å². The number of carbonyl (C=O) groups excluding carboxylic acids is 1. The molecule has 1 atom stereocenters. The highest BCUT2D eigenvalue weighted by atomic mass is 16.3. The van der Waals surface area contributed by atoms with Gasteiger partial charge in [-0.25, -0.2) is 0 Å². The first kappa shape index (κ1) is 18.4. The molecule has 0 aromatic rings. The van der Waals surface area contributed by atoms with Crippen LogP contribution in [0.1, 0.15) is 71.1 Å². The Morgan fingerprint density at radius 2 is 1.47 bits per heavy atom. The largest absolute Gasteiger partial charge is 0.394 e. The van der Waals surface area contributed by atoms with Crippen molar-refractivity contribution in [2.24, 2.45) is 5.73 Å². The molecule has 0 spiro atoms. The molecule has 4 heteroatoms. The predicted molar refractivity (Wildman–Crippen MR) is 79.9 cm³/mol. The quantitative estimate of drug-likeness (QED) is 0.450. The summed E-state index contributed by atoms with van der Waals surface area (Å²) >= 11 is 0. The van der Waals surface area contributed by atoms with Crippen molar-refractivity contribution < 1.29 is 9.90 Å². The summed E-state index contributed by atoms with van der Waals surface area (Å²) in [6.07, 6.45) is 12.8. The Labute approximate surface area is 118 Å². The van der Waals surface area contributed by atoms with Gasteiger partial charge in [-0.05, 0) is 6.42 Å². The molecule has 19 heavy (non-hydrogen) atoms. The van der Waals surface area contributed by atoms with E-state index in [9.17, 15) is 4.79 Å². The zero-order valence-electron chi connectivity index (χ0n) is 12.5. The molecule has 0 heterocycles. The van der Waals surface area contributed by atoms with Gasteiger partial charge in [0.25, 0.3) is 0 Å². The molecule has 0 radical (unpaired) electrons. The Morgan fingerprint density at radius 1 is 1.00 bits per heavy atom. The highest BCUT2D eigenvalue weighted by Gasteiger charge is 2.09. The van der Waals surface area contributed by atoms with Crippen molar-refractivity contribution >= 4 is 5.91 Å². The fourth-order valence-corrected chi connectivity index (χ4v) is 2.04. The van der Waals surface area contributed by atoms with Gasteiger partial charge in [0.15, 0.2) is 0 Å². The smallest absolute Gasteiger partial charge is 0.239 e. The third-order valence-electron chi connectivity index (χ3n) is 3.36. The van der Waals surface area contributed by atoms with Gasteiger partial charge in [-0.15, -0.1) is 0 Å². The Kier molecular flexibility index (Phi) is 13.4. The van der Waals surface area contributed by atoms with E-state index in [0.717, 1.165) is 12.8 Å². The van der Waals surface area contributed by atoms with E-state index in [2.05, 4.69) is 12.2 Å². The lowest BCUT2D eigenvalue weighted by molar-refractivity contribution is -0.123. The molecule has 4 nitrogen and oxygen atoms in total. The molecule has 4 N–H and O–H groups in total. The number of rotatable bonds is 13. The van der Waals surface area contributed by atoms with E-state index < -0.39 is 6.04 Å². The molecule has 0 rings (SSSR count). The Morgan fingerprint density at radius 3 is 1.95 bits per heavy atom. The summed E-state index contributed by atoms with van der Waals surface area (Å²) in [6, 6.07) is -0.775. The number of carbonyl (C=O) groups is 1. The zero-order valence-corrected chi connectivity index (χ0v) is 12.5. The van der Waals surface area contributed by atoms with Gasteiger partial charge in [-0.3, -0.25) is 4.79 Å². The summed E-state index contributed by atoms with van der Waals surface area (Å²) in [6.45, 7) is 2.62. The van der Waals surface area contributed by atoms with E-state index in [0.29, 0.717) is 6.54 Å². The molecule has 0 fully saturated rings. The van der Waals surface area contributed by atoms with E-state index in [-0.39, 0.29) is 12.5 Å². The van der Waals surface area contributed by atoms with Crippen molar-refractivity contribution in [3.05, 3.63) is 0 Å². The van der Waals surface area contributed by atoms with Crippen molar-refractivity contribution in [2.45, 2.75) is 77.2 Å². The van der Waals surface area contributed by atoms with Gasteiger partial charge in [0, 0.05) is 6.54 Å². The second kappa shape index (κ2) is 13.8. The maximum Gasteiger partial charge on any atom is 0.239 e. The van der Waals surface area contributed by atoms with Crippen LogP contribution in [0.2, 0.25) is 0 Å². The first-order valence-electron chi connectivity index (χ1n) is 7.86. The second-order valence-electron chi connectivity index (χ2n) is 5.26. The maximum atomic E-state index is 11.2. The van der Waals surface area contributed by atoms with Crippen molar-refractivity contribution in [1.82, 2.24) is 5.32 Å². The highest BCUT2D eigenvalue weighted by Crippen LogP contribution is 2.10. The number of aliphatic hydroxyl groups is 1. The highest BCUT2D eigenvalue weighted by molar-refractivity contribution is 5.81. The number of hydrogen-bond donors (Lipinski definition) is 3. The van der Waals surface area contributed by atoms with Crippen LogP contribution in [-0.4, -0.2) is 30.2 Å². The van der Waals surface area contributed by atoms with Crippen LogP contribution < -0.4 is 11.1 Å². The number of amides is 1. The van der Waals surface area contributed by atoms with Gasteiger partial charge >= 0.3 is 0 Å². The number of nitrogens with two attached hydrogens (primary N) is 1. The fourth-order valence-electron chi connectivity index (χ4n) is 2.04. The first-order chi connectivity index (χ1) is 9.22. The minimum Gasteiger partial charge on any atom is -0.394 e. The van der Waals surface area contributed by atoms with Gasteiger partial charge in [0.2, 0.25) is 5.91 Å². The SMILES string of the molecule is CCCCCCCCCCCCNC(=O)[C@@H](N)CO. The number of hydrogen-bond acceptors (Lipinski definition) is 3. The molecule has 0 aliphatic heterocycles. The molecule has 0 unspecified atom stereocenters. The van der Waals surface area contributed by atoms with Crippen molar-refractivity contribution in [2.75, 3.05) is 13.2 Å². The lowest BCUT2D eigenvalue weighted by atomic mass is 10.1. The lowest BCUT2D eigenvalue weighted by Gasteiger charge is -2.09. The molecule has 0 aliphatic carbocycles. The predicted octanol–water partition coefficient (Wildman–Crippen LogP) is 2.34. The van der Waals surface area contributed by atoms with Gasteiger partial charge in [0.1, 0.15) is 6.04 Å². The molecule has 0 saturated heterocycles. The number of unbranched alkanes of at least 4 members (excludes halogenated alkanes) is 9. The first-order valence-corrected chi connectivity index (χ1v) is 7.86. The summed E-state index contributed by atoms with van der Waals surface area (Å²) in [4.78, 5) is 11.2. The third kappa shape index (κ3) is 12.2. The topological polar surface area (TPSA) is 75.4 Å². The van der Waals surface area contributed by atoms with Crippen molar-refractivity contribution in [1.29, 1.82) is 0 Å². The molecule has 0 saturated carbocycles. The van der Waals surface area contributed by atoms with Crippen LogP contribution in [0.15, 0.2) is 0 Å². The second-order valence-corrected chi connectivity index (χ2v) is 5.26. The average Bonchev–Trinajstić information content (AvgIpc) is 2.43. The molecule has 0 aliphatic rings.